The van der Waals surface area contributed by atoms with Crippen LogP contribution in [0.15, 0.2) is 0 Å². The molecule has 0 saturated carbocycles. The molecule has 4 heteroatoms. The molecule has 162 valence electrons. The molecular formula is C23H48NO3+. The van der Waals surface area contributed by atoms with Gasteiger partial charge in [0.05, 0.1) is 34.2 Å². The van der Waals surface area contributed by atoms with E-state index in [0.717, 1.165) is 12.8 Å². The number of carbonyl (C=O) groups excluding carboxylic acids is 1. The first kappa shape index (κ1) is 26.4. The summed E-state index contributed by atoms with van der Waals surface area (Å²) in [5.74, 6) is -0.273. The van der Waals surface area contributed by atoms with E-state index in [1.54, 1.807) is 0 Å². The number of hydrogen-bond acceptors (Lipinski definition) is 3. The molecule has 0 unspecified atom stereocenters. The molecule has 0 amide bonds. The van der Waals surface area contributed by atoms with Crippen LogP contribution in [0.4, 0.5) is 0 Å². The Morgan fingerprint density at radius 2 is 1.19 bits per heavy atom. The number of aliphatic hydroxyl groups is 1. The molecule has 27 heavy (non-hydrogen) atoms. The topological polar surface area (TPSA) is 46.5 Å². The van der Waals surface area contributed by atoms with E-state index in [2.05, 4.69) is 6.92 Å². The fourth-order valence-corrected chi connectivity index (χ4v) is 3.43. The number of rotatable bonds is 19. The van der Waals surface area contributed by atoms with Gasteiger partial charge >= 0.3 is 5.97 Å². The molecule has 0 aromatic heterocycles. The van der Waals surface area contributed by atoms with Gasteiger partial charge in [-0.25, -0.2) is 0 Å². The van der Waals surface area contributed by atoms with Crippen LogP contribution < -0.4 is 0 Å². The highest BCUT2D eigenvalue weighted by molar-refractivity contribution is 5.69. The summed E-state index contributed by atoms with van der Waals surface area (Å²) in [7, 11) is 6.01. The Morgan fingerprint density at radius 1 is 0.778 bits per heavy atom. The van der Waals surface area contributed by atoms with Crippen LogP contribution in [0.5, 0.6) is 0 Å². The lowest BCUT2D eigenvalue weighted by molar-refractivity contribution is -0.873. The van der Waals surface area contributed by atoms with Crippen LogP contribution >= 0.6 is 0 Å². The maximum Gasteiger partial charge on any atom is 0.308 e. The molecule has 0 saturated heterocycles. The zero-order valence-electron chi connectivity index (χ0n) is 18.8. The smallest absolute Gasteiger partial charge is 0.308 e. The number of likely N-dealkylation sites (N-methyl/N-ethyl adjacent to an activating group) is 1. The fourth-order valence-electron chi connectivity index (χ4n) is 3.43. The summed E-state index contributed by atoms with van der Waals surface area (Å²) in [5.41, 5.74) is 0. The molecule has 0 aromatic rings. The highest BCUT2D eigenvalue weighted by Gasteiger charge is 2.19. The van der Waals surface area contributed by atoms with Crippen LogP contribution in [0.2, 0.25) is 0 Å². The van der Waals surface area contributed by atoms with Crippen molar-refractivity contribution in [3.63, 3.8) is 0 Å². The summed E-state index contributed by atoms with van der Waals surface area (Å²) in [6.45, 7) is 3.33. The van der Waals surface area contributed by atoms with Gasteiger partial charge in [0.1, 0.15) is 12.6 Å². The predicted octanol–water partition coefficient (Wildman–Crippen LogP) is 5.47. The van der Waals surface area contributed by atoms with Crippen molar-refractivity contribution in [3.8, 4) is 0 Å². The lowest BCUT2D eigenvalue weighted by Crippen LogP contribution is -2.42. The van der Waals surface area contributed by atoms with Crippen molar-refractivity contribution in [2.24, 2.45) is 0 Å². The first-order valence-electron chi connectivity index (χ1n) is 11.5. The van der Waals surface area contributed by atoms with Crippen molar-refractivity contribution in [2.45, 2.75) is 109 Å². The van der Waals surface area contributed by atoms with Crippen LogP contribution in [-0.2, 0) is 9.53 Å². The second-order valence-electron chi connectivity index (χ2n) is 9.15. The van der Waals surface area contributed by atoms with Crippen molar-refractivity contribution in [3.05, 3.63) is 0 Å². The quantitative estimate of drug-likeness (QED) is 0.182. The summed E-state index contributed by atoms with van der Waals surface area (Å²) in [6.07, 6.45) is 18.0. The average Bonchev–Trinajstić information content (AvgIpc) is 2.56. The monoisotopic (exact) mass is 386 g/mol. The number of esters is 1. The van der Waals surface area contributed by atoms with Crippen molar-refractivity contribution < 1.29 is 19.1 Å². The highest BCUT2D eigenvalue weighted by Crippen LogP contribution is 2.13. The molecule has 0 heterocycles. The molecule has 1 N–H and O–H groups in total. The van der Waals surface area contributed by atoms with Gasteiger partial charge in [0.25, 0.3) is 0 Å². The number of nitrogens with zero attached hydrogens (tertiary/aromatic N) is 1. The standard InChI is InChI=1S/C23H48NO3/c1-5-6-7-8-9-10-11-12-13-14-15-16-17-18-19-27-23(26)20-22(25)21-24(2,3)4/h22,25H,5-21H2,1-4H3/q+1/t22-/m1/s1. The van der Waals surface area contributed by atoms with Crippen molar-refractivity contribution >= 4 is 5.97 Å². The van der Waals surface area contributed by atoms with Gasteiger partial charge in [-0.05, 0) is 6.42 Å². The normalized spacial score (nSPS) is 12.9. The van der Waals surface area contributed by atoms with E-state index in [1.165, 1.54) is 77.0 Å². The van der Waals surface area contributed by atoms with Crippen LogP contribution in [0.25, 0.3) is 0 Å². The Bertz CT molecular complexity index is 339. The Morgan fingerprint density at radius 3 is 1.59 bits per heavy atom. The zero-order valence-corrected chi connectivity index (χ0v) is 18.8. The molecule has 0 aliphatic heterocycles. The van der Waals surface area contributed by atoms with Crippen molar-refractivity contribution in [1.29, 1.82) is 0 Å². The first-order valence-corrected chi connectivity index (χ1v) is 11.5. The lowest BCUT2D eigenvalue weighted by Gasteiger charge is -2.26. The van der Waals surface area contributed by atoms with Gasteiger partial charge in [-0.2, -0.15) is 0 Å². The largest absolute Gasteiger partial charge is 0.466 e. The molecule has 0 spiro atoms. The van der Waals surface area contributed by atoms with Gasteiger partial charge in [-0.1, -0.05) is 90.4 Å². The molecule has 0 fully saturated rings. The van der Waals surface area contributed by atoms with E-state index in [0.29, 0.717) is 17.6 Å². The predicted molar refractivity (Wildman–Crippen MR) is 115 cm³/mol. The van der Waals surface area contributed by atoms with Crippen LogP contribution in [-0.4, -0.2) is 56.0 Å². The molecule has 0 aliphatic carbocycles. The van der Waals surface area contributed by atoms with Crippen molar-refractivity contribution in [1.82, 2.24) is 0 Å². The third-order valence-electron chi connectivity index (χ3n) is 4.92. The number of quaternary nitrogens is 1. The molecule has 0 aliphatic rings. The van der Waals surface area contributed by atoms with Gasteiger partial charge in [0.15, 0.2) is 0 Å². The maximum atomic E-state index is 11.7. The average molecular weight is 387 g/mol. The van der Waals surface area contributed by atoms with Crippen molar-refractivity contribution in [2.75, 3.05) is 34.3 Å². The first-order chi connectivity index (χ1) is 12.8. The van der Waals surface area contributed by atoms with E-state index >= 15 is 0 Å². The van der Waals surface area contributed by atoms with Gasteiger partial charge in [-0.15, -0.1) is 0 Å². The number of ether oxygens (including phenoxy) is 1. The van der Waals surface area contributed by atoms with Crippen LogP contribution in [0, 0.1) is 0 Å². The molecule has 0 bridgehead atoms. The Balaban J connectivity index is 3.27. The second-order valence-corrected chi connectivity index (χ2v) is 9.15. The third kappa shape index (κ3) is 21.5. The van der Waals surface area contributed by atoms with E-state index in [1.807, 2.05) is 21.1 Å². The number of aliphatic hydroxyl groups excluding tert-OH is 1. The molecule has 1 atom stereocenters. The minimum Gasteiger partial charge on any atom is -0.466 e. The molecule has 4 nitrogen and oxygen atoms in total. The molecule has 0 aromatic carbocycles. The Kier molecular flexibility index (Phi) is 17.1. The number of hydrogen-bond donors (Lipinski definition) is 1. The van der Waals surface area contributed by atoms with E-state index in [9.17, 15) is 9.90 Å². The second kappa shape index (κ2) is 17.5. The Hall–Kier alpha value is -0.610. The SMILES string of the molecule is CCCCCCCCCCCCCCCCOC(=O)C[C@@H](O)C[N+](C)(C)C. The van der Waals surface area contributed by atoms with E-state index < -0.39 is 6.10 Å². The van der Waals surface area contributed by atoms with Crippen LogP contribution in [0.3, 0.4) is 0 Å². The summed E-state index contributed by atoms with van der Waals surface area (Å²) in [4.78, 5) is 11.7. The van der Waals surface area contributed by atoms with Gasteiger partial charge in [0.2, 0.25) is 0 Å². The lowest BCUT2D eigenvalue weighted by atomic mass is 10.0. The van der Waals surface area contributed by atoms with E-state index in [4.69, 9.17) is 4.74 Å². The minimum absolute atomic E-state index is 0.105. The van der Waals surface area contributed by atoms with Gasteiger partial charge in [-0.3, -0.25) is 4.79 Å². The zero-order chi connectivity index (χ0) is 20.4. The van der Waals surface area contributed by atoms with Gasteiger partial charge < -0.3 is 14.3 Å². The third-order valence-corrected chi connectivity index (χ3v) is 4.92. The number of carbonyl (C=O) groups is 1. The minimum atomic E-state index is -0.617. The molecular weight excluding hydrogens is 338 g/mol. The maximum absolute atomic E-state index is 11.7. The fraction of sp³-hybridized carbons (Fsp3) is 0.957. The number of unbranched alkanes of at least 4 members (excludes halogenated alkanes) is 13. The van der Waals surface area contributed by atoms with Gasteiger partial charge in [0, 0.05) is 0 Å². The molecule has 0 rings (SSSR count). The summed E-state index contributed by atoms with van der Waals surface area (Å²) >= 11 is 0. The van der Waals surface area contributed by atoms with E-state index in [-0.39, 0.29) is 12.4 Å². The summed E-state index contributed by atoms with van der Waals surface area (Å²) in [6, 6.07) is 0. The highest BCUT2D eigenvalue weighted by atomic mass is 16.5. The van der Waals surface area contributed by atoms with Crippen LogP contribution in [0.1, 0.15) is 103 Å². The Labute approximate surface area is 169 Å². The summed E-state index contributed by atoms with van der Waals surface area (Å²) < 4.78 is 5.87. The summed E-state index contributed by atoms with van der Waals surface area (Å²) in [5, 5.41) is 9.86. The molecule has 0 radical (unpaired) electrons.